The van der Waals surface area contributed by atoms with Crippen LogP contribution in [0.5, 0.6) is 0 Å². The summed E-state index contributed by atoms with van der Waals surface area (Å²) in [5.41, 5.74) is -1.17. The number of rotatable bonds is 5. The SMILES string of the molecule is Cc1c(C(=O)C(F)(F)F)c(=O)n(Cc2cn(-c3ccc([N+](=O)[O-])cc3)nn2)c2ccccc12. The molecule has 168 valence electrons. The summed E-state index contributed by atoms with van der Waals surface area (Å²) < 4.78 is 41.8. The third-order valence-electron chi connectivity index (χ3n) is 5.10. The van der Waals surface area contributed by atoms with E-state index in [0.29, 0.717) is 16.6 Å². The van der Waals surface area contributed by atoms with Gasteiger partial charge in [0.1, 0.15) is 5.69 Å². The van der Waals surface area contributed by atoms with E-state index in [2.05, 4.69) is 10.3 Å². The molecule has 0 atom stereocenters. The molecule has 2 aromatic carbocycles. The number of pyridine rings is 1. The van der Waals surface area contributed by atoms with Gasteiger partial charge in [-0.05, 0) is 30.7 Å². The highest BCUT2D eigenvalue weighted by atomic mass is 19.4. The number of nitro benzene ring substituents is 1. The lowest BCUT2D eigenvalue weighted by molar-refractivity contribution is -0.384. The Hall–Kier alpha value is -4.35. The molecule has 0 bridgehead atoms. The van der Waals surface area contributed by atoms with E-state index in [4.69, 9.17) is 0 Å². The van der Waals surface area contributed by atoms with Gasteiger partial charge < -0.3 is 4.57 Å². The van der Waals surface area contributed by atoms with Crippen LogP contribution in [0.3, 0.4) is 0 Å². The molecule has 0 aliphatic rings. The summed E-state index contributed by atoms with van der Waals surface area (Å²) in [6.07, 6.45) is -3.77. The molecule has 0 saturated heterocycles. The molecule has 0 radical (unpaired) electrons. The standard InChI is InChI=1S/C21H14F3N5O4/c1-12-16-4-2-3-5-17(16)27(20(31)18(12)19(30)21(22,23)24)10-13-11-28(26-25-13)14-6-8-15(9-7-14)29(32)33/h2-9,11H,10H2,1H3. The van der Waals surface area contributed by atoms with E-state index < -0.39 is 28.0 Å². The number of hydrogen-bond donors (Lipinski definition) is 0. The molecule has 12 heteroatoms. The van der Waals surface area contributed by atoms with E-state index in [0.717, 1.165) is 4.57 Å². The van der Waals surface area contributed by atoms with Crippen molar-refractivity contribution in [2.45, 2.75) is 19.6 Å². The Kier molecular flexibility index (Phi) is 5.28. The fourth-order valence-corrected chi connectivity index (χ4v) is 3.52. The number of benzene rings is 2. The van der Waals surface area contributed by atoms with Crippen LogP contribution in [0, 0.1) is 17.0 Å². The van der Waals surface area contributed by atoms with Gasteiger partial charge in [-0.15, -0.1) is 5.10 Å². The van der Waals surface area contributed by atoms with E-state index in [-0.39, 0.29) is 23.5 Å². The van der Waals surface area contributed by atoms with Crippen LogP contribution < -0.4 is 5.56 Å². The molecule has 9 nitrogen and oxygen atoms in total. The molecule has 0 amide bonds. The average molecular weight is 457 g/mol. The minimum absolute atomic E-state index is 0.0521. The summed E-state index contributed by atoms with van der Waals surface area (Å²) in [6, 6.07) is 11.8. The first-order chi connectivity index (χ1) is 15.6. The normalized spacial score (nSPS) is 11.6. The fraction of sp³-hybridized carbons (Fsp3) is 0.143. The highest BCUT2D eigenvalue weighted by Gasteiger charge is 2.42. The van der Waals surface area contributed by atoms with Crippen molar-refractivity contribution in [1.82, 2.24) is 19.6 Å². The second-order valence-electron chi connectivity index (χ2n) is 7.16. The third-order valence-corrected chi connectivity index (χ3v) is 5.10. The van der Waals surface area contributed by atoms with Crippen molar-refractivity contribution < 1.29 is 22.9 Å². The van der Waals surface area contributed by atoms with Crippen LogP contribution in [0.15, 0.2) is 59.5 Å². The summed E-state index contributed by atoms with van der Waals surface area (Å²) >= 11 is 0. The van der Waals surface area contributed by atoms with Gasteiger partial charge in [-0.3, -0.25) is 19.7 Å². The van der Waals surface area contributed by atoms with E-state index >= 15 is 0 Å². The van der Waals surface area contributed by atoms with Crippen LogP contribution in [-0.4, -0.2) is 36.4 Å². The lowest BCUT2D eigenvalue weighted by atomic mass is 10.0. The number of aromatic nitrogens is 4. The third kappa shape index (κ3) is 3.97. The van der Waals surface area contributed by atoms with E-state index in [9.17, 15) is 32.9 Å². The summed E-state index contributed by atoms with van der Waals surface area (Å²) in [5, 5.41) is 19.0. The molecule has 2 aromatic heterocycles. The number of hydrogen-bond acceptors (Lipinski definition) is 6. The molecule has 0 aliphatic carbocycles. The lowest BCUT2D eigenvalue weighted by Gasteiger charge is -2.15. The van der Waals surface area contributed by atoms with Crippen LogP contribution >= 0.6 is 0 Å². The fourth-order valence-electron chi connectivity index (χ4n) is 3.52. The van der Waals surface area contributed by atoms with Crippen molar-refractivity contribution in [3.8, 4) is 5.69 Å². The Morgan fingerprint density at radius 3 is 2.42 bits per heavy atom. The average Bonchev–Trinajstić information content (AvgIpc) is 3.25. The topological polar surface area (TPSA) is 113 Å². The largest absolute Gasteiger partial charge is 0.455 e. The zero-order chi connectivity index (χ0) is 23.9. The number of Topliss-reactive ketones (excluding diaryl/α,β-unsaturated/α-hetero) is 1. The van der Waals surface area contributed by atoms with Crippen LogP contribution in [0.25, 0.3) is 16.6 Å². The molecule has 2 heterocycles. The second kappa shape index (κ2) is 7.97. The molecule has 0 fully saturated rings. The van der Waals surface area contributed by atoms with Gasteiger partial charge in [-0.1, -0.05) is 23.4 Å². The Labute approximate surface area is 182 Å². The molecule has 0 aliphatic heterocycles. The van der Waals surface area contributed by atoms with Crippen LogP contribution in [-0.2, 0) is 6.54 Å². The number of nitro groups is 1. The molecule has 0 N–H and O–H groups in total. The number of carbonyl (C=O) groups excluding carboxylic acids is 1. The number of fused-ring (bicyclic) bond motifs is 1. The van der Waals surface area contributed by atoms with Crippen molar-refractivity contribution in [2.24, 2.45) is 0 Å². The van der Waals surface area contributed by atoms with Crippen molar-refractivity contribution in [2.75, 3.05) is 0 Å². The zero-order valence-corrected chi connectivity index (χ0v) is 16.9. The van der Waals surface area contributed by atoms with Gasteiger partial charge in [0, 0.05) is 17.5 Å². The predicted octanol–water partition coefficient (Wildman–Crippen LogP) is 3.59. The molecular formula is C21H14F3N5O4. The first kappa shape index (κ1) is 21.9. The van der Waals surface area contributed by atoms with Crippen molar-refractivity contribution >= 4 is 22.4 Å². The highest BCUT2D eigenvalue weighted by Crippen LogP contribution is 2.26. The molecule has 33 heavy (non-hydrogen) atoms. The summed E-state index contributed by atoms with van der Waals surface area (Å²) in [7, 11) is 0. The zero-order valence-electron chi connectivity index (χ0n) is 16.9. The molecule has 4 aromatic rings. The first-order valence-corrected chi connectivity index (χ1v) is 9.47. The highest BCUT2D eigenvalue weighted by molar-refractivity contribution is 6.04. The predicted molar refractivity (Wildman–Crippen MR) is 110 cm³/mol. The van der Waals surface area contributed by atoms with Gasteiger partial charge in [-0.25, -0.2) is 4.68 Å². The maximum absolute atomic E-state index is 13.2. The Morgan fingerprint density at radius 1 is 1.12 bits per heavy atom. The van der Waals surface area contributed by atoms with E-state index in [1.807, 2.05) is 0 Å². The van der Waals surface area contributed by atoms with Gasteiger partial charge >= 0.3 is 6.18 Å². The maximum Gasteiger partial charge on any atom is 0.455 e. The number of aryl methyl sites for hydroxylation is 1. The smallest absolute Gasteiger partial charge is 0.301 e. The summed E-state index contributed by atoms with van der Waals surface area (Å²) in [4.78, 5) is 35.3. The van der Waals surface area contributed by atoms with Crippen LogP contribution in [0.1, 0.15) is 21.6 Å². The Morgan fingerprint density at radius 2 is 1.79 bits per heavy atom. The number of ketones is 1. The number of nitrogens with zero attached hydrogens (tertiary/aromatic N) is 5. The second-order valence-corrected chi connectivity index (χ2v) is 7.16. The van der Waals surface area contributed by atoms with Crippen LogP contribution in [0.4, 0.5) is 18.9 Å². The lowest BCUT2D eigenvalue weighted by Crippen LogP contribution is -2.34. The number of para-hydroxylation sites is 1. The van der Waals surface area contributed by atoms with Gasteiger partial charge in [-0.2, -0.15) is 13.2 Å². The van der Waals surface area contributed by atoms with Gasteiger partial charge in [0.15, 0.2) is 0 Å². The number of alkyl halides is 3. The van der Waals surface area contributed by atoms with Gasteiger partial charge in [0.25, 0.3) is 17.0 Å². The number of carbonyl (C=O) groups is 1. The minimum atomic E-state index is -5.21. The van der Waals surface area contributed by atoms with Crippen molar-refractivity contribution in [3.05, 3.63) is 92.0 Å². The Balaban J connectivity index is 1.79. The maximum atomic E-state index is 13.2. The summed E-state index contributed by atoms with van der Waals surface area (Å²) in [5.74, 6) is -2.21. The minimum Gasteiger partial charge on any atom is -0.301 e. The van der Waals surface area contributed by atoms with Gasteiger partial charge in [0.05, 0.1) is 34.4 Å². The molecule has 0 spiro atoms. The monoisotopic (exact) mass is 457 g/mol. The first-order valence-electron chi connectivity index (χ1n) is 9.47. The summed E-state index contributed by atoms with van der Waals surface area (Å²) in [6.45, 7) is 1.06. The quantitative estimate of drug-likeness (QED) is 0.257. The number of non-ortho nitro benzene ring substituents is 1. The molecular weight excluding hydrogens is 443 g/mol. The van der Waals surface area contributed by atoms with Crippen molar-refractivity contribution in [1.29, 1.82) is 0 Å². The van der Waals surface area contributed by atoms with Crippen LogP contribution in [0.2, 0.25) is 0 Å². The number of halogens is 3. The van der Waals surface area contributed by atoms with E-state index in [1.165, 1.54) is 48.1 Å². The molecule has 4 rings (SSSR count). The Bertz CT molecular complexity index is 1460. The van der Waals surface area contributed by atoms with Gasteiger partial charge in [0.2, 0.25) is 0 Å². The van der Waals surface area contributed by atoms with E-state index in [1.54, 1.807) is 18.2 Å². The molecule has 0 unspecified atom stereocenters. The molecule has 0 saturated carbocycles. The van der Waals surface area contributed by atoms with Crippen molar-refractivity contribution in [3.63, 3.8) is 0 Å².